The molecule has 0 saturated heterocycles. The molecule has 0 bridgehead atoms. The van der Waals surface area contributed by atoms with E-state index in [0.29, 0.717) is 0 Å². The van der Waals surface area contributed by atoms with Crippen molar-refractivity contribution in [1.29, 1.82) is 5.26 Å². The summed E-state index contributed by atoms with van der Waals surface area (Å²) < 4.78 is 0. The zero-order chi connectivity index (χ0) is 23.6. The Kier molecular flexibility index (Phi) is 22.2. The summed E-state index contributed by atoms with van der Waals surface area (Å²) in [6.07, 6.45) is 0.456. The van der Waals surface area contributed by atoms with Gasteiger partial charge in [0.05, 0.1) is 12.1 Å². The van der Waals surface area contributed by atoms with Crippen LogP contribution in [-0.4, -0.2) is 52.5 Å². The van der Waals surface area contributed by atoms with Crippen molar-refractivity contribution in [2.45, 2.75) is 58.2 Å². The molecule has 0 fully saturated rings. The molecule has 0 aromatic heterocycles. The minimum Gasteiger partial charge on any atom is -0.480 e. The maximum absolute atomic E-state index is 10.5. The van der Waals surface area contributed by atoms with E-state index in [2.05, 4.69) is 43.4 Å². The van der Waals surface area contributed by atoms with Gasteiger partial charge in [-0.05, 0) is 20.8 Å². The lowest BCUT2D eigenvalue weighted by atomic mass is 10.1. The summed E-state index contributed by atoms with van der Waals surface area (Å²) in [6, 6.07) is 0.247. The smallest absolute Gasteiger partial charge is 0.321 e. The maximum atomic E-state index is 10.5. The Bertz CT molecular complexity index is 565. The average molecular weight is 469 g/mol. The van der Waals surface area contributed by atoms with Gasteiger partial charge in [-0.2, -0.15) is 5.26 Å². The van der Waals surface area contributed by atoms with Crippen LogP contribution in [0.4, 0.5) is 0 Å². The molecule has 0 aliphatic rings. The van der Waals surface area contributed by atoms with Crippen molar-refractivity contribution < 1.29 is 29.1 Å². The third-order valence-corrected chi connectivity index (χ3v) is 4.08. The number of hydrogen-bond donors (Lipinski definition) is 5. The predicted octanol–water partition coefficient (Wildman–Crippen LogP) is -0.765. The van der Waals surface area contributed by atoms with E-state index >= 15 is 0 Å². The van der Waals surface area contributed by atoms with Crippen molar-refractivity contribution in [2.24, 2.45) is 5.73 Å². The van der Waals surface area contributed by atoms with E-state index < -0.39 is 24.0 Å². The molecule has 29 heavy (non-hydrogen) atoms. The molecule has 6 atom stereocenters. The first-order chi connectivity index (χ1) is 13.4. The number of Topliss-reactive ketones (excluding diaryl/α,β-unsaturated/α-hetero) is 3. The third kappa shape index (κ3) is 22.8. The second-order valence-electron chi connectivity index (χ2n) is 5.75. The fourth-order valence-corrected chi connectivity index (χ4v) is 2.20. The molecular formula is C15H30N5O6P3. The Hall–Kier alpha value is -1.39. The molecule has 0 saturated carbocycles. The van der Waals surface area contributed by atoms with Gasteiger partial charge in [0.25, 0.3) is 0 Å². The van der Waals surface area contributed by atoms with Crippen LogP contribution in [0.15, 0.2) is 0 Å². The van der Waals surface area contributed by atoms with Crippen molar-refractivity contribution in [1.82, 2.24) is 15.3 Å². The highest BCUT2D eigenvalue weighted by Gasteiger charge is 2.16. The van der Waals surface area contributed by atoms with Gasteiger partial charge in [-0.3, -0.25) is 39.2 Å². The molecule has 0 aromatic carbocycles. The molecule has 0 aromatic rings. The summed E-state index contributed by atoms with van der Waals surface area (Å²) in [6.45, 7) is 4.24. The number of primary amides is 1. The number of nitrogens with two attached hydrogens (primary N) is 1. The van der Waals surface area contributed by atoms with Crippen LogP contribution in [0.5, 0.6) is 0 Å². The minimum atomic E-state index is -1.01. The summed E-state index contributed by atoms with van der Waals surface area (Å²) in [5.41, 5.74) is 4.93. The normalized spacial score (nSPS) is 12.4. The van der Waals surface area contributed by atoms with Crippen molar-refractivity contribution in [2.75, 3.05) is 0 Å². The zero-order valence-corrected chi connectivity index (χ0v) is 20.1. The molecule has 14 heteroatoms. The Labute approximate surface area is 177 Å². The van der Waals surface area contributed by atoms with E-state index in [1.165, 1.54) is 20.8 Å². The predicted molar refractivity (Wildman–Crippen MR) is 118 cm³/mol. The van der Waals surface area contributed by atoms with E-state index in [9.17, 15) is 24.0 Å². The summed E-state index contributed by atoms with van der Waals surface area (Å²) in [7, 11) is 6.42. The SMILES string of the molecule is CC(=O)C[C@@H](C#N)NP.CC(=O)C[C@H](NP)C(=O)O.CC(=O)C[C@H](NP)C(N)=O. The summed E-state index contributed by atoms with van der Waals surface area (Å²) in [4.78, 5) is 51.9. The topological polar surface area (TPSA) is 191 Å². The number of nitrogens with one attached hydrogen (secondary N) is 3. The van der Waals surface area contributed by atoms with Crippen LogP contribution in [0.3, 0.4) is 0 Å². The van der Waals surface area contributed by atoms with Crippen LogP contribution in [0, 0.1) is 11.3 Å². The Morgan fingerprint density at radius 1 is 0.862 bits per heavy atom. The van der Waals surface area contributed by atoms with E-state index in [4.69, 9.17) is 16.1 Å². The van der Waals surface area contributed by atoms with Gasteiger partial charge in [-0.15, -0.1) is 0 Å². The van der Waals surface area contributed by atoms with Gasteiger partial charge in [-0.1, -0.05) is 28.2 Å². The second-order valence-corrected chi connectivity index (χ2v) is 6.75. The number of carbonyl (C=O) groups is 5. The minimum absolute atomic E-state index is 0.0245. The number of hydrogen-bond acceptors (Lipinski definition) is 9. The number of nitrogens with zero attached hydrogens (tertiary/aromatic N) is 1. The Morgan fingerprint density at radius 3 is 1.34 bits per heavy atom. The molecule has 0 spiro atoms. The highest BCUT2D eigenvalue weighted by Crippen LogP contribution is 1.95. The number of rotatable bonds is 11. The molecule has 6 N–H and O–H groups in total. The van der Waals surface area contributed by atoms with E-state index in [1.807, 2.05) is 6.07 Å². The van der Waals surface area contributed by atoms with E-state index in [0.717, 1.165) is 0 Å². The van der Waals surface area contributed by atoms with Crippen molar-refractivity contribution >= 4 is 57.4 Å². The van der Waals surface area contributed by atoms with Gasteiger partial charge < -0.3 is 10.8 Å². The van der Waals surface area contributed by atoms with Crippen molar-refractivity contribution in [3.8, 4) is 6.07 Å². The number of nitriles is 1. The lowest BCUT2D eigenvalue weighted by Gasteiger charge is -2.08. The lowest BCUT2D eigenvalue weighted by molar-refractivity contribution is -0.140. The van der Waals surface area contributed by atoms with Crippen LogP contribution >= 0.6 is 28.2 Å². The van der Waals surface area contributed by atoms with Crippen LogP contribution in [0.2, 0.25) is 0 Å². The van der Waals surface area contributed by atoms with Gasteiger partial charge in [0.15, 0.2) is 0 Å². The number of carboxylic acid groups (broad SMARTS) is 1. The number of ketones is 3. The first kappa shape index (κ1) is 32.3. The van der Waals surface area contributed by atoms with E-state index in [1.54, 1.807) is 0 Å². The van der Waals surface area contributed by atoms with Crippen LogP contribution in [-0.2, 0) is 24.0 Å². The Balaban J connectivity index is -0.000000350. The van der Waals surface area contributed by atoms with Crippen LogP contribution in [0.25, 0.3) is 0 Å². The second kappa shape index (κ2) is 19.9. The van der Waals surface area contributed by atoms with Crippen LogP contribution in [0.1, 0.15) is 40.0 Å². The lowest BCUT2D eigenvalue weighted by Crippen LogP contribution is -2.37. The molecule has 3 unspecified atom stereocenters. The highest BCUT2D eigenvalue weighted by molar-refractivity contribution is 7.14. The van der Waals surface area contributed by atoms with Gasteiger partial charge >= 0.3 is 5.97 Å². The summed E-state index contributed by atoms with van der Waals surface area (Å²) in [5, 5.41) is 24.3. The number of amides is 1. The molecule has 0 aliphatic carbocycles. The number of carboxylic acids is 1. The summed E-state index contributed by atoms with van der Waals surface area (Å²) >= 11 is 0. The molecule has 0 radical (unpaired) electrons. The standard InChI is InChI=1S/C5H11N2O2P.C5H9N2OP.C5H10NO3P/c1-3(8)2-4(7-10)5(6)9;1-4(8)2-5(3-6)7-9;1-3(7)2-4(6-10)5(8)9/h4,7H,2,10H2,1H3,(H2,6,9);5,7H,2,9H2,1H3;4,6H,2,10H2,1H3,(H,8,9)/t4-;5-;4-/m000/s1. The van der Waals surface area contributed by atoms with Gasteiger partial charge in [0, 0.05) is 19.3 Å². The molecule has 1 amide bonds. The molecule has 0 aliphatic heterocycles. The quantitative estimate of drug-likeness (QED) is 0.240. The number of aliphatic carboxylic acids is 1. The Morgan fingerprint density at radius 2 is 1.24 bits per heavy atom. The number of carbonyl (C=O) groups excluding carboxylic acids is 4. The van der Waals surface area contributed by atoms with Gasteiger partial charge in [-0.25, -0.2) is 0 Å². The monoisotopic (exact) mass is 469 g/mol. The maximum Gasteiger partial charge on any atom is 0.321 e. The fourth-order valence-electron chi connectivity index (χ4n) is 1.46. The molecule has 166 valence electrons. The highest BCUT2D eigenvalue weighted by atomic mass is 31.0. The first-order valence-electron chi connectivity index (χ1n) is 8.14. The van der Waals surface area contributed by atoms with Gasteiger partial charge in [0.2, 0.25) is 5.91 Å². The van der Waals surface area contributed by atoms with E-state index in [-0.39, 0.29) is 42.7 Å². The molecule has 11 nitrogen and oxygen atoms in total. The largest absolute Gasteiger partial charge is 0.480 e. The average Bonchev–Trinajstić information content (AvgIpc) is 2.62. The van der Waals surface area contributed by atoms with Crippen molar-refractivity contribution in [3.05, 3.63) is 0 Å². The zero-order valence-electron chi connectivity index (χ0n) is 16.6. The van der Waals surface area contributed by atoms with Crippen LogP contribution < -0.4 is 21.0 Å². The molecule has 0 rings (SSSR count). The summed E-state index contributed by atoms with van der Waals surface area (Å²) in [5.74, 6) is -1.69. The fraction of sp³-hybridized carbons (Fsp3) is 0.600. The third-order valence-electron chi connectivity index (χ3n) is 2.88. The first-order valence-corrected chi connectivity index (χ1v) is 9.87. The molecular weight excluding hydrogens is 439 g/mol. The van der Waals surface area contributed by atoms with Gasteiger partial charge in [0.1, 0.15) is 29.4 Å². The molecule has 0 heterocycles. The van der Waals surface area contributed by atoms with Crippen molar-refractivity contribution in [3.63, 3.8) is 0 Å².